The van der Waals surface area contributed by atoms with Crippen LogP contribution in [0.2, 0.25) is 0 Å². The lowest BCUT2D eigenvalue weighted by molar-refractivity contribution is -0.122. The molecule has 0 aliphatic carbocycles. The van der Waals surface area contributed by atoms with Crippen LogP contribution >= 0.6 is 0 Å². The van der Waals surface area contributed by atoms with E-state index < -0.39 is 0 Å². The molecule has 0 fully saturated rings. The average molecular weight is 182 g/mol. The smallest absolute Gasteiger partial charge is 0.236 e. The van der Waals surface area contributed by atoms with Gasteiger partial charge in [-0.1, -0.05) is 6.92 Å². The van der Waals surface area contributed by atoms with Crippen LogP contribution in [-0.2, 0) is 4.79 Å². The Bertz CT molecular complexity index is 184. The van der Waals surface area contributed by atoms with Crippen molar-refractivity contribution in [1.82, 2.24) is 5.32 Å². The molecule has 1 atom stereocenters. The number of nitrogens with one attached hydrogen (secondary N) is 1. The summed E-state index contributed by atoms with van der Waals surface area (Å²) >= 11 is 0. The van der Waals surface area contributed by atoms with Gasteiger partial charge in [0.2, 0.25) is 5.91 Å². The minimum atomic E-state index is -0.368. The van der Waals surface area contributed by atoms with E-state index in [9.17, 15) is 4.79 Å². The summed E-state index contributed by atoms with van der Waals surface area (Å²) in [4.78, 5) is 11.1. The highest BCUT2D eigenvalue weighted by molar-refractivity contribution is 5.81. The van der Waals surface area contributed by atoms with Gasteiger partial charge in [0.15, 0.2) is 0 Å². The van der Waals surface area contributed by atoms with Crippen LogP contribution in [0.25, 0.3) is 0 Å². The van der Waals surface area contributed by atoms with E-state index in [1.165, 1.54) is 0 Å². The van der Waals surface area contributed by atoms with Gasteiger partial charge in [0.25, 0.3) is 0 Å². The number of rotatable bonds is 6. The summed E-state index contributed by atoms with van der Waals surface area (Å²) in [6.07, 6.45) is 8.41. The Morgan fingerprint density at radius 2 is 2.31 bits per heavy atom. The first kappa shape index (κ1) is 12.0. The summed E-state index contributed by atoms with van der Waals surface area (Å²) in [6, 6.07) is -0.368. The van der Waals surface area contributed by atoms with Gasteiger partial charge >= 0.3 is 0 Å². The van der Waals surface area contributed by atoms with Gasteiger partial charge in [-0.2, -0.15) is 0 Å². The molecule has 74 valence electrons. The van der Waals surface area contributed by atoms with Crippen LogP contribution in [-0.4, -0.2) is 18.5 Å². The number of hydrogen-bond acceptors (Lipinski definition) is 2. The predicted molar refractivity (Wildman–Crippen MR) is 54.0 cm³/mol. The zero-order valence-electron chi connectivity index (χ0n) is 8.18. The van der Waals surface area contributed by atoms with Gasteiger partial charge in [-0.3, -0.25) is 4.79 Å². The van der Waals surface area contributed by atoms with Crippen molar-refractivity contribution < 1.29 is 4.79 Å². The van der Waals surface area contributed by atoms with Crippen LogP contribution in [0.5, 0.6) is 0 Å². The first-order valence-corrected chi connectivity index (χ1v) is 4.69. The van der Waals surface area contributed by atoms with Gasteiger partial charge in [-0.25, -0.2) is 0 Å². The molecule has 0 saturated carbocycles. The second-order valence-corrected chi connectivity index (χ2v) is 2.97. The molecular weight excluding hydrogens is 164 g/mol. The van der Waals surface area contributed by atoms with E-state index in [0.717, 1.165) is 19.3 Å². The molecule has 1 amide bonds. The van der Waals surface area contributed by atoms with Gasteiger partial charge < -0.3 is 11.1 Å². The molecule has 3 nitrogen and oxygen atoms in total. The number of nitrogens with two attached hydrogens (primary N) is 1. The van der Waals surface area contributed by atoms with Crippen molar-refractivity contribution in [1.29, 1.82) is 0 Å². The van der Waals surface area contributed by atoms with Gasteiger partial charge in [0, 0.05) is 13.0 Å². The predicted octanol–water partition coefficient (Wildman–Crippen LogP) is 0.643. The third kappa shape index (κ3) is 6.18. The molecule has 0 radical (unpaired) electrons. The van der Waals surface area contributed by atoms with Crippen LogP contribution in [0.15, 0.2) is 0 Å². The molecule has 3 N–H and O–H groups in total. The van der Waals surface area contributed by atoms with Crippen molar-refractivity contribution in [3.63, 3.8) is 0 Å². The molecular formula is C10H18N2O. The van der Waals surface area contributed by atoms with Crippen molar-refractivity contribution in [2.24, 2.45) is 5.73 Å². The summed E-state index contributed by atoms with van der Waals surface area (Å²) < 4.78 is 0. The first-order valence-electron chi connectivity index (χ1n) is 4.69. The van der Waals surface area contributed by atoms with E-state index in [2.05, 4.69) is 11.2 Å². The highest BCUT2D eigenvalue weighted by atomic mass is 16.2. The number of carbonyl (C=O) groups is 1. The van der Waals surface area contributed by atoms with Crippen molar-refractivity contribution in [2.45, 2.75) is 38.6 Å². The average Bonchev–Trinajstić information content (AvgIpc) is 2.16. The molecule has 0 aliphatic rings. The number of hydrogen-bond donors (Lipinski definition) is 2. The van der Waals surface area contributed by atoms with Crippen molar-refractivity contribution in [3.05, 3.63) is 0 Å². The summed E-state index contributed by atoms with van der Waals surface area (Å²) in [5, 5.41) is 2.76. The van der Waals surface area contributed by atoms with E-state index in [0.29, 0.717) is 13.0 Å². The van der Waals surface area contributed by atoms with Gasteiger partial charge in [0.05, 0.1) is 6.04 Å². The van der Waals surface area contributed by atoms with E-state index in [4.69, 9.17) is 12.2 Å². The second kappa shape index (κ2) is 7.63. The molecule has 0 spiro atoms. The zero-order chi connectivity index (χ0) is 10.1. The fraction of sp³-hybridized carbons (Fsp3) is 0.700. The van der Waals surface area contributed by atoms with E-state index in [1.807, 2.05) is 6.92 Å². The van der Waals surface area contributed by atoms with E-state index >= 15 is 0 Å². The molecule has 3 heteroatoms. The first-order chi connectivity index (χ1) is 6.22. The monoisotopic (exact) mass is 182 g/mol. The highest BCUT2D eigenvalue weighted by Crippen LogP contribution is 1.92. The van der Waals surface area contributed by atoms with E-state index in [-0.39, 0.29) is 11.9 Å². The molecule has 0 bridgehead atoms. The van der Waals surface area contributed by atoms with Crippen LogP contribution in [0.3, 0.4) is 0 Å². The Morgan fingerprint density at radius 3 is 2.85 bits per heavy atom. The summed E-state index contributed by atoms with van der Waals surface area (Å²) in [5.41, 5.74) is 5.51. The quantitative estimate of drug-likeness (QED) is 0.468. The lowest BCUT2D eigenvalue weighted by Gasteiger charge is -2.08. The van der Waals surface area contributed by atoms with Crippen LogP contribution in [0, 0.1) is 12.3 Å². The van der Waals surface area contributed by atoms with Crippen molar-refractivity contribution >= 4 is 5.91 Å². The van der Waals surface area contributed by atoms with Gasteiger partial charge in [0.1, 0.15) is 0 Å². The molecule has 0 aromatic carbocycles. The zero-order valence-corrected chi connectivity index (χ0v) is 8.18. The normalized spacial score (nSPS) is 11.8. The third-order valence-electron chi connectivity index (χ3n) is 1.82. The Hall–Kier alpha value is -1.01. The summed E-state index contributed by atoms with van der Waals surface area (Å²) in [7, 11) is 0. The van der Waals surface area contributed by atoms with E-state index in [1.54, 1.807) is 0 Å². The maximum absolute atomic E-state index is 11.1. The molecule has 0 heterocycles. The number of terminal acetylenes is 1. The van der Waals surface area contributed by atoms with Crippen LogP contribution < -0.4 is 11.1 Å². The Kier molecular flexibility index (Phi) is 7.04. The SMILES string of the molecule is C#CCCCCNC(=O)C(N)CC. The minimum Gasteiger partial charge on any atom is -0.355 e. The lowest BCUT2D eigenvalue weighted by Crippen LogP contribution is -2.40. The van der Waals surface area contributed by atoms with Crippen molar-refractivity contribution in [3.8, 4) is 12.3 Å². The largest absolute Gasteiger partial charge is 0.355 e. The lowest BCUT2D eigenvalue weighted by atomic mass is 10.2. The molecule has 0 rings (SSSR count). The fourth-order valence-corrected chi connectivity index (χ4v) is 0.880. The molecule has 0 aliphatic heterocycles. The molecule has 1 unspecified atom stereocenters. The van der Waals surface area contributed by atoms with Crippen LogP contribution in [0.4, 0.5) is 0 Å². The van der Waals surface area contributed by atoms with Crippen LogP contribution in [0.1, 0.15) is 32.6 Å². The maximum Gasteiger partial charge on any atom is 0.236 e. The topological polar surface area (TPSA) is 55.1 Å². The van der Waals surface area contributed by atoms with Gasteiger partial charge in [-0.15, -0.1) is 12.3 Å². The second-order valence-electron chi connectivity index (χ2n) is 2.97. The number of amides is 1. The Morgan fingerprint density at radius 1 is 1.62 bits per heavy atom. The molecule has 0 aromatic heterocycles. The summed E-state index contributed by atoms with van der Waals surface area (Å²) in [5.74, 6) is 2.49. The molecule has 0 aromatic rings. The minimum absolute atomic E-state index is 0.0665. The summed E-state index contributed by atoms with van der Waals surface area (Å²) in [6.45, 7) is 2.57. The standard InChI is InChI=1S/C10H18N2O/c1-3-5-6-7-8-12-10(13)9(11)4-2/h1,9H,4-8,11H2,2H3,(H,12,13). The Balaban J connectivity index is 3.33. The van der Waals surface area contributed by atoms with Gasteiger partial charge in [-0.05, 0) is 19.3 Å². The molecule has 13 heavy (non-hydrogen) atoms. The number of carbonyl (C=O) groups excluding carboxylic acids is 1. The highest BCUT2D eigenvalue weighted by Gasteiger charge is 2.08. The fourth-order valence-electron chi connectivity index (χ4n) is 0.880. The number of unbranched alkanes of at least 4 members (excludes halogenated alkanes) is 2. The molecule has 0 saturated heterocycles. The maximum atomic E-state index is 11.1. The third-order valence-corrected chi connectivity index (χ3v) is 1.82. The van der Waals surface area contributed by atoms with Crippen molar-refractivity contribution in [2.75, 3.05) is 6.54 Å². The Labute approximate surface area is 80.1 Å².